The molecule has 1 fully saturated rings. The van der Waals surface area contributed by atoms with Crippen LogP contribution in [0.2, 0.25) is 0 Å². The highest BCUT2D eigenvalue weighted by Crippen LogP contribution is 2.19. The van der Waals surface area contributed by atoms with Crippen molar-refractivity contribution in [1.82, 2.24) is 4.90 Å². The molecule has 0 spiro atoms. The first-order chi connectivity index (χ1) is 9.67. The first kappa shape index (κ1) is 15.4. The van der Waals surface area contributed by atoms with Crippen LogP contribution in [-0.2, 0) is 15.9 Å². The van der Waals surface area contributed by atoms with Gasteiger partial charge in [0.25, 0.3) is 0 Å². The SMILES string of the molecule is CCc1ccc(C(N)CN2CC(OC)C(OC)C2)cc1. The van der Waals surface area contributed by atoms with Crippen LogP contribution in [0.3, 0.4) is 0 Å². The third-order valence-electron chi connectivity index (χ3n) is 4.17. The maximum absolute atomic E-state index is 6.32. The molecule has 0 aromatic heterocycles. The second-order valence-corrected chi connectivity index (χ2v) is 5.47. The lowest BCUT2D eigenvalue weighted by molar-refractivity contribution is -0.00461. The number of nitrogens with zero attached hydrogens (tertiary/aromatic N) is 1. The Balaban J connectivity index is 1.92. The van der Waals surface area contributed by atoms with Crippen molar-refractivity contribution in [3.05, 3.63) is 35.4 Å². The Labute approximate surface area is 121 Å². The van der Waals surface area contributed by atoms with Crippen molar-refractivity contribution in [3.63, 3.8) is 0 Å². The number of benzene rings is 1. The van der Waals surface area contributed by atoms with E-state index in [-0.39, 0.29) is 18.2 Å². The van der Waals surface area contributed by atoms with Gasteiger partial charge < -0.3 is 15.2 Å². The number of aryl methyl sites for hydroxylation is 1. The van der Waals surface area contributed by atoms with Gasteiger partial charge in [0, 0.05) is 39.9 Å². The van der Waals surface area contributed by atoms with Crippen LogP contribution >= 0.6 is 0 Å². The molecule has 0 bridgehead atoms. The highest BCUT2D eigenvalue weighted by molar-refractivity contribution is 5.25. The summed E-state index contributed by atoms with van der Waals surface area (Å²) in [5.41, 5.74) is 8.86. The highest BCUT2D eigenvalue weighted by atomic mass is 16.5. The molecule has 1 aliphatic heterocycles. The van der Waals surface area contributed by atoms with Crippen LogP contribution in [0, 0.1) is 0 Å². The number of likely N-dealkylation sites (tertiary alicyclic amines) is 1. The zero-order valence-corrected chi connectivity index (χ0v) is 12.7. The van der Waals surface area contributed by atoms with Crippen LogP contribution in [0.25, 0.3) is 0 Å². The van der Waals surface area contributed by atoms with Gasteiger partial charge in [-0.05, 0) is 17.5 Å². The van der Waals surface area contributed by atoms with Crippen LogP contribution in [0.1, 0.15) is 24.1 Å². The van der Waals surface area contributed by atoms with Gasteiger partial charge in [0.15, 0.2) is 0 Å². The Kier molecular flexibility index (Phi) is 5.54. The average Bonchev–Trinajstić information content (AvgIpc) is 2.89. The summed E-state index contributed by atoms with van der Waals surface area (Å²) in [5, 5.41) is 0. The van der Waals surface area contributed by atoms with E-state index in [1.54, 1.807) is 14.2 Å². The van der Waals surface area contributed by atoms with Gasteiger partial charge in [0.1, 0.15) is 0 Å². The average molecular weight is 278 g/mol. The van der Waals surface area contributed by atoms with Gasteiger partial charge in [-0.2, -0.15) is 0 Å². The predicted molar refractivity (Wildman–Crippen MR) is 80.8 cm³/mol. The molecule has 3 atom stereocenters. The molecule has 2 rings (SSSR count). The largest absolute Gasteiger partial charge is 0.377 e. The summed E-state index contributed by atoms with van der Waals surface area (Å²) in [6, 6.07) is 8.64. The van der Waals surface area contributed by atoms with E-state index in [2.05, 4.69) is 36.1 Å². The number of rotatable bonds is 6. The molecular formula is C16H26N2O2. The molecule has 1 aromatic rings. The fraction of sp³-hybridized carbons (Fsp3) is 0.625. The monoisotopic (exact) mass is 278 g/mol. The van der Waals surface area contributed by atoms with Gasteiger partial charge in [-0.15, -0.1) is 0 Å². The Bertz CT molecular complexity index is 395. The van der Waals surface area contributed by atoms with Gasteiger partial charge in [-0.3, -0.25) is 4.90 Å². The van der Waals surface area contributed by atoms with Crippen LogP contribution in [0.4, 0.5) is 0 Å². The van der Waals surface area contributed by atoms with Crippen LogP contribution in [0.15, 0.2) is 24.3 Å². The lowest BCUT2D eigenvalue weighted by Gasteiger charge is -2.21. The molecule has 112 valence electrons. The molecule has 1 heterocycles. The van der Waals surface area contributed by atoms with E-state index in [0.29, 0.717) is 0 Å². The van der Waals surface area contributed by atoms with Gasteiger partial charge in [-0.25, -0.2) is 0 Å². The smallest absolute Gasteiger partial charge is 0.0971 e. The minimum atomic E-state index is 0.0361. The van der Waals surface area contributed by atoms with Crippen molar-refractivity contribution in [3.8, 4) is 0 Å². The fourth-order valence-electron chi connectivity index (χ4n) is 2.80. The van der Waals surface area contributed by atoms with Gasteiger partial charge in [-0.1, -0.05) is 31.2 Å². The second kappa shape index (κ2) is 7.18. The number of hydrogen-bond acceptors (Lipinski definition) is 4. The second-order valence-electron chi connectivity index (χ2n) is 5.47. The van der Waals surface area contributed by atoms with Gasteiger partial charge in [0.2, 0.25) is 0 Å². The lowest BCUT2D eigenvalue weighted by atomic mass is 10.0. The zero-order valence-electron chi connectivity index (χ0n) is 12.7. The molecule has 4 heteroatoms. The number of ether oxygens (including phenoxy) is 2. The van der Waals surface area contributed by atoms with E-state index in [9.17, 15) is 0 Å². The third kappa shape index (κ3) is 3.58. The Morgan fingerprint density at radius 2 is 1.70 bits per heavy atom. The van der Waals surface area contributed by atoms with Crippen molar-refractivity contribution in [2.75, 3.05) is 33.9 Å². The van der Waals surface area contributed by atoms with Crippen LogP contribution < -0.4 is 5.73 Å². The van der Waals surface area contributed by atoms with E-state index < -0.39 is 0 Å². The maximum Gasteiger partial charge on any atom is 0.0971 e. The molecule has 4 nitrogen and oxygen atoms in total. The Hall–Kier alpha value is -0.940. The fourth-order valence-corrected chi connectivity index (χ4v) is 2.80. The molecule has 0 aliphatic carbocycles. The summed E-state index contributed by atoms with van der Waals surface area (Å²) < 4.78 is 10.9. The topological polar surface area (TPSA) is 47.7 Å². The van der Waals surface area contributed by atoms with E-state index in [4.69, 9.17) is 15.2 Å². The number of methoxy groups -OCH3 is 2. The van der Waals surface area contributed by atoms with Crippen LogP contribution in [-0.4, -0.2) is 51.0 Å². The summed E-state index contributed by atoms with van der Waals surface area (Å²) in [4.78, 5) is 2.32. The van der Waals surface area contributed by atoms with Crippen molar-refractivity contribution < 1.29 is 9.47 Å². The Morgan fingerprint density at radius 3 is 2.15 bits per heavy atom. The predicted octanol–water partition coefficient (Wildman–Crippen LogP) is 1.59. The minimum absolute atomic E-state index is 0.0361. The van der Waals surface area contributed by atoms with E-state index in [1.807, 2.05) is 0 Å². The normalized spacial score (nSPS) is 25.0. The molecule has 1 aromatic carbocycles. The van der Waals surface area contributed by atoms with E-state index >= 15 is 0 Å². The van der Waals surface area contributed by atoms with Crippen molar-refractivity contribution in [2.45, 2.75) is 31.6 Å². The van der Waals surface area contributed by atoms with Crippen molar-refractivity contribution in [2.24, 2.45) is 5.73 Å². The maximum atomic E-state index is 6.32. The summed E-state index contributed by atoms with van der Waals surface area (Å²) >= 11 is 0. The van der Waals surface area contributed by atoms with Crippen molar-refractivity contribution in [1.29, 1.82) is 0 Å². The molecule has 3 unspecified atom stereocenters. The van der Waals surface area contributed by atoms with Crippen LogP contribution in [0.5, 0.6) is 0 Å². The molecule has 0 radical (unpaired) electrons. The third-order valence-corrected chi connectivity index (χ3v) is 4.17. The molecule has 2 N–H and O–H groups in total. The van der Waals surface area contributed by atoms with Gasteiger partial charge in [0.05, 0.1) is 12.2 Å². The number of hydrogen-bond donors (Lipinski definition) is 1. The molecule has 1 aliphatic rings. The quantitative estimate of drug-likeness (QED) is 0.858. The molecule has 0 saturated carbocycles. The first-order valence-corrected chi connectivity index (χ1v) is 7.30. The molecule has 20 heavy (non-hydrogen) atoms. The van der Waals surface area contributed by atoms with Gasteiger partial charge >= 0.3 is 0 Å². The number of nitrogens with two attached hydrogens (primary N) is 1. The standard InChI is InChI=1S/C16H26N2O2/c1-4-12-5-7-13(8-6-12)14(17)9-18-10-15(19-2)16(11-18)20-3/h5-8,14-16H,4,9-11,17H2,1-3H3. The summed E-state index contributed by atoms with van der Waals surface area (Å²) in [5.74, 6) is 0. The van der Waals surface area contributed by atoms with Crippen molar-refractivity contribution >= 4 is 0 Å². The molecular weight excluding hydrogens is 252 g/mol. The molecule has 0 amide bonds. The first-order valence-electron chi connectivity index (χ1n) is 7.30. The minimum Gasteiger partial charge on any atom is -0.377 e. The Morgan fingerprint density at radius 1 is 1.15 bits per heavy atom. The molecule has 1 saturated heterocycles. The van der Waals surface area contributed by atoms with E-state index in [0.717, 1.165) is 26.1 Å². The van der Waals surface area contributed by atoms with E-state index in [1.165, 1.54) is 11.1 Å². The summed E-state index contributed by atoms with van der Waals surface area (Å²) in [6.07, 6.45) is 1.36. The highest BCUT2D eigenvalue weighted by Gasteiger charge is 2.33. The lowest BCUT2D eigenvalue weighted by Crippen LogP contribution is -2.31. The summed E-state index contributed by atoms with van der Waals surface area (Å²) in [6.45, 7) is 4.77. The summed E-state index contributed by atoms with van der Waals surface area (Å²) in [7, 11) is 3.48. The zero-order chi connectivity index (χ0) is 14.5.